The van der Waals surface area contributed by atoms with E-state index in [4.69, 9.17) is 16.3 Å². The summed E-state index contributed by atoms with van der Waals surface area (Å²) in [6.45, 7) is 2.40. The van der Waals surface area contributed by atoms with Crippen molar-refractivity contribution in [3.05, 3.63) is 64.4 Å². The first kappa shape index (κ1) is 14.8. The SMILES string of the molecule is CNC(C)c1ccc(OCc2ccc(Cl)c(F)c2)cc1. The molecule has 1 atom stereocenters. The highest BCUT2D eigenvalue weighted by Gasteiger charge is 2.04. The number of rotatable bonds is 5. The lowest BCUT2D eigenvalue weighted by molar-refractivity contribution is 0.305. The Morgan fingerprint density at radius 1 is 1.20 bits per heavy atom. The summed E-state index contributed by atoms with van der Waals surface area (Å²) in [5.41, 5.74) is 1.94. The maximum Gasteiger partial charge on any atom is 0.142 e. The second-order valence-electron chi connectivity index (χ2n) is 4.62. The molecule has 0 radical (unpaired) electrons. The van der Waals surface area contributed by atoms with Crippen molar-refractivity contribution in [3.8, 4) is 5.75 Å². The quantitative estimate of drug-likeness (QED) is 0.885. The van der Waals surface area contributed by atoms with Crippen molar-refractivity contribution in [1.82, 2.24) is 5.32 Å². The van der Waals surface area contributed by atoms with E-state index in [1.165, 1.54) is 17.7 Å². The number of halogens is 2. The molecule has 0 saturated heterocycles. The Morgan fingerprint density at radius 2 is 1.90 bits per heavy atom. The van der Waals surface area contributed by atoms with E-state index in [1.54, 1.807) is 6.07 Å². The summed E-state index contributed by atoms with van der Waals surface area (Å²) < 4.78 is 18.9. The molecule has 0 aliphatic carbocycles. The second kappa shape index (κ2) is 6.73. The molecule has 0 bridgehead atoms. The molecule has 0 heterocycles. The highest BCUT2D eigenvalue weighted by atomic mass is 35.5. The molecule has 0 saturated carbocycles. The van der Waals surface area contributed by atoms with Gasteiger partial charge >= 0.3 is 0 Å². The van der Waals surface area contributed by atoms with E-state index < -0.39 is 5.82 Å². The molecule has 2 rings (SSSR count). The number of ether oxygens (including phenoxy) is 1. The molecule has 20 heavy (non-hydrogen) atoms. The first-order valence-electron chi connectivity index (χ1n) is 6.44. The van der Waals surface area contributed by atoms with Crippen LogP contribution in [0.25, 0.3) is 0 Å². The Balaban J connectivity index is 1.98. The number of hydrogen-bond acceptors (Lipinski definition) is 2. The summed E-state index contributed by atoms with van der Waals surface area (Å²) in [5, 5.41) is 3.30. The van der Waals surface area contributed by atoms with Gasteiger partial charge in [0.2, 0.25) is 0 Å². The predicted molar refractivity (Wildman–Crippen MR) is 79.7 cm³/mol. The molecule has 1 N–H and O–H groups in total. The van der Waals surface area contributed by atoms with Gasteiger partial charge in [-0.2, -0.15) is 0 Å². The lowest BCUT2D eigenvalue weighted by Crippen LogP contribution is -2.11. The van der Waals surface area contributed by atoms with Crippen LogP contribution in [0.5, 0.6) is 5.75 Å². The lowest BCUT2D eigenvalue weighted by atomic mass is 10.1. The Kier molecular flexibility index (Phi) is 4.99. The van der Waals surface area contributed by atoms with Crippen LogP contribution in [0.4, 0.5) is 4.39 Å². The van der Waals surface area contributed by atoms with Crippen molar-refractivity contribution in [2.45, 2.75) is 19.6 Å². The number of nitrogens with one attached hydrogen (secondary N) is 1. The zero-order chi connectivity index (χ0) is 14.5. The molecule has 1 unspecified atom stereocenters. The zero-order valence-electron chi connectivity index (χ0n) is 11.5. The average Bonchev–Trinajstić information content (AvgIpc) is 2.48. The summed E-state index contributed by atoms with van der Waals surface area (Å²) in [6, 6.07) is 12.8. The second-order valence-corrected chi connectivity index (χ2v) is 5.02. The standard InChI is InChI=1S/C16H17ClFNO/c1-11(19-2)13-4-6-14(7-5-13)20-10-12-3-8-15(17)16(18)9-12/h3-9,11,19H,10H2,1-2H3. The third-order valence-electron chi connectivity index (χ3n) is 3.20. The maximum absolute atomic E-state index is 13.3. The molecule has 0 spiro atoms. The lowest BCUT2D eigenvalue weighted by Gasteiger charge is -2.12. The fourth-order valence-electron chi connectivity index (χ4n) is 1.82. The average molecular weight is 294 g/mol. The van der Waals surface area contributed by atoms with Crippen LogP contribution in [0, 0.1) is 5.82 Å². The molecule has 2 aromatic carbocycles. The van der Waals surface area contributed by atoms with E-state index >= 15 is 0 Å². The summed E-state index contributed by atoms with van der Waals surface area (Å²) in [5.74, 6) is 0.332. The molecule has 106 valence electrons. The van der Waals surface area contributed by atoms with Gasteiger partial charge in [-0.15, -0.1) is 0 Å². The van der Waals surface area contributed by atoms with Crippen molar-refractivity contribution in [2.24, 2.45) is 0 Å². The normalized spacial score (nSPS) is 12.2. The predicted octanol–water partition coefficient (Wildman–Crippen LogP) is 4.34. The third-order valence-corrected chi connectivity index (χ3v) is 3.51. The molecule has 4 heteroatoms. The summed E-state index contributed by atoms with van der Waals surface area (Å²) in [4.78, 5) is 0. The topological polar surface area (TPSA) is 21.3 Å². The molecule has 2 nitrogen and oxygen atoms in total. The van der Waals surface area contributed by atoms with E-state index in [-0.39, 0.29) is 5.02 Å². The smallest absolute Gasteiger partial charge is 0.142 e. The summed E-state index contributed by atoms with van der Waals surface area (Å²) >= 11 is 5.64. The molecule has 0 aromatic heterocycles. The highest BCUT2D eigenvalue weighted by molar-refractivity contribution is 6.30. The minimum Gasteiger partial charge on any atom is -0.489 e. The Hall–Kier alpha value is -1.58. The fraction of sp³-hybridized carbons (Fsp3) is 0.250. The van der Waals surface area contributed by atoms with Crippen molar-refractivity contribution < 1.29 is 9.13 Å². The van der Waals surface area contributed by atoms with Gasteiger partial charge in [0.05, 0.1) is 5.02 Å². The van der Waals surface area contributed by atoms with Gasteiger partial charge in [0.1, 0.15) is 18.2 Å². The van der Waals surface area contributed by atoms with Crippen LogP contribution in [0.2, 0.25) is 5.02 Å². The van der Waals surface area contributed by atoms with Crippen molar-refractivity contribution >= 4 is 11.6 Å². The van der Waals surface area contributed by atoms with Gasteiger partial charge < -0.3 is 10.1 Å². The number of benzene rings is 2. The largest absolute Gasteiger partial charge is 0.489 e. The van der Waals surface area contributed by atoms with E-state index in [0.717, 1.165) is 11.3 Å². The van der Waals surface area contributed by atoms with Gasteiger partial charge in [-0.05, 0) is 49.4 Å². The van der Waals surface area contributed by atoms with Crippen LogP contribution in [0.1, 0.15) is 24.1 Å². The van der Waals surface area contributed by atoms with E-state index in [9.17, 15) is 4.39 Å². The van der Waals surface area contributed by atoms with E-state index in [0.29, 0.717) is 12.6 Å². The Labute approximate surface area is 123 Å². The van der Waals surface area contributed by atoms with E-state index in [1.807, 2.05) is 31.3 Å². The minimum absolute atomic E-state index is 0.124. The zero-order valence-corrected chi connectivity index (χ0v) is 12.2. The highest BCUT2D eigenvalue weighted by Crippen LogP contribution is 2.20. The summed E-state index contributed by atoms with van der Waals surface area (Å²) in [7, 11) is 1.92. The van der Waals surface area contributed by atoms with Gasteiger partial charge in [0.15, 0.2) is 0 Å². The first-order valence-corrected chi connectivity index (χ1v) is 6.82. The summed E-state index contributed by atoms with van der Waals surface area (Å²) in [6.07, 6.45) is 0. The molecule has 2 aromatic rings. The van der Waals surface area contributed by atoms with E-state index in [2.05, 4.69) is 12.2 Å². The third kappa shape index (κ3) is 3.71. The van der Waals surface area contributed by atoms with Gasteiger partial charge in [-0.25, -0.2) is 4.39 Å². The van der Waals surface area contributed by atoms with Crippen molar-refractivity contribution in [3.63, 3.8) is 0 Å². The monoisotopic (exact) mass is 293 g/mol. The molecular formula is C16H17ClFNO. The first-order chi connectivity index (χ1) is 9.60. The van der Waals surface area contributed by atoms with Gasteiger partial charge in [-0.3, -0.25) is 0 Å². The van der Waals surface area contributed by atoms with Crippen molar-refractivity contribution in [1.29, 1.82) is 0 Å². The Bertz CT molecular complexity index is 571. The molecular weight excluding hydrogens is 277 g/mol. The molecule has 0 aliphatic heterocycles. The fourth-order valence-corrected chi connectivity index (χ4v) is 1.93. The van der Waals surface area contributed by atoms with Crippen LogP contribution < -0.4 is 10.1 Å². The molecule has 0 amide bonds. The van der Waals surface area contributed by atoms with Gasteiger partial charge in [0.25, 0.3) is 0 Å². The minimum atomic E-state index is -0.425. The van der Waals surface area contributed by atoms with Gasteiger partial charge in [-0.1, -0.05) is 29.8 Å². The molecule has 0 fully saturated rings. The van der Waals surface area contributed by atoms with Gasteiger partial charge in [0, 0.05) is 6.04 Å². The van der Waals surface area contributed by atoms with Crippen LogP contribution >= 0.6 is 11.6 Å². The van der Waals surface area contributed by atoms with Crippen LogP contribution in [0.15, 0.2) is 42.5 Å². The Morgan fingerprint density at radius 3 is 2.50 bits per heavy atom. The van der Waals surface area contributed by atoms with Crippen LogP contribution in [-0.2, 0) is 6.61 Å². The van der Waals surface area contributed by atoms with Crippen LogP contribution in [0.3, 0.4) is 0 Å². The van der Waals surface area contributed by atoms with Crippen LogP contribution in [-0.4, -0.2) is 7.05 Å². The maximum atomic E-state index is 13.3. The number of hydrogen-bond donors (Lipinski definition) is 1. The molecule has 0 aliphatic rings. The van der Waals surface area contributed by atoms with Crippen molar-refractivity contribution in [2.75, 3.05) is 7.05 Å².